The van der Waals surface area contributed by atoms with Crippen LogP contribution < -0.4 is 0 Å². The number of nitrogens with zero attached hydrogens (tertiary/aromatic N) is 2. The zero-order valence-corrected chi connectivity index (χ0v) is 22.5. The van der Waals surface area contributed by atoms with Crippen molar-refractivity contribution in [1.82, 2.24) is 9.97 Å². The highest BCUT2D eigenvalue weighted by Gasteiger charge is 2.19. The first-order valence-electron chi connectivity index (χ1n) is 13.2. The van der Waals surface area contributed by atoms with E-state index in [9.17, 15) is 0 Å². The van der Waals surface area contributed by atoms with E-state index in [1.165, 1.54) is 27.8 Å². The van der Waals surface area contributed by atoms with E-state index in [-0.39, 0.29) is 0 Å². The number of rotatable bonds is 6. The van der Waals surface area contributed by atoms with Gasteiger partial charge in [-0.3, -0.25) is 4.98 Å². The SMILES string of the molecule is Cc1cc(-c2cccc3c2oc2nc(-c4c(C(C)C)cccc4C(C)C)ccc23)ncc1CC(C)C. The summed E-state index contributed by atoms with van der Waals surface area (Å²) in [6.45, 7) is 15.6. The summed E-state index contributed by atoms with van der Waals surface area (Å²) < 4.78 is 6.48. The maximum Gasteiger partial charge on any atom is 0.227 e. The molecule has 0 amide bonds. The Morgan fingerprint density at radius 3 is 2.11 bits per heavy atom. The van der Waals surface area contributed by atoms with Gasteiger partial charge >= 0.3 is 0 Å². The number of hydrogen-bond donors (Lipinski definition) is 0. The van der Waals surface area contributed by atoms with Crippen LogP contribution in [0.4, 0.5) is 0 Å². The first-order chi connectivity index (χ1) is 17.2. The highest BCUT2D eigenvalue weighted by Crippen LogP contribution is 2.39. The van der Waals surface area contributed by atoms with E-state index in [0.29, 0.717) is 23.5 Å². The Hall–Kier alpha value is -3.46. The molecule has 5 rings (SSSR count). The second kappa shape index (κ2) is 9.54. The standard InChI is InChI=1S/C33H36N2O/c1-19(2)16-23-18-34-30(17-22(23)7)28-13-9-12-26-27-14-15-29(35-33(27)36-32(26)28)31-24(20(3)4)10-8-11-25(31)21(5)6/h8-15,17-21H,16H2,1-7H3. The van der Waals surface area contributed by atoms with Crippen LogP contribution in [-0.2, 0) is 6.42 Å². The summed E-state index contributed by atoms with van der Waals surface area (Å²) in [5.41, 5.74) is 10.9. The topological polar surface area (TPSA) is 38.9 Å². The van der Waals surface area contributed by atoms with Gasteiger partial charge in [0, 0.05) is 28.1 Å². The van der Waals surface area contributed by atoms with Crippen molar-refractivity contribution in [2.24, 2.45) is 5.92 Å². The van der Waals surface area contributed by atoms with E-state index in [0.717, 1.165) is 39.7 Å². The largest absolute Gasteiger partial charge is 0.437 e. The Kier molecular flexibility index (Phi) is 6.42. The Morgan fingerprint density at radius 1 is 0.778 bits per heavy atom. The maximum absolute atomic E-state index is 6.48. The minimum absolute atomic E-state index is 0.409. The number of fused-ring (bicyclic) bond motifs is 3. The fourth-order valence-corrected chi connectivity index (χ4v) is 5.25. The van der Waals surface area contributed by atoms with Crippen molar-refractivity contribution < 1.29 is 4.42 Å². The van der Waals surface area contributed by atoms with Crippen LogP contribution in [0.3, 0.4) is 0 Å². The smallest absolute Gasteiger partial charge is 0.227 e. The number of benzene rings is 2. The molecular formula is C33H36N2O. The lowest BCUT2D eigenvalue weighted by molar-refractivity contribution is 0.643. The van der Waals surface area contributed by atoms with Gasteiger partial charge < -0.3 is 4.42 Å². The molecule has 0 radical (unpaired) electrons. The van der Waals surface area contributed by atoms with Crippen LogP contribution in [0.5, 0.6) is 0 Å². The minimum Gasteiger partial charge on any atom is -0.437 e. The van der Waals surface area contributed by atoms with Crippen molar-refractivity contribution in [3.63, 3.8) is 0 Å². The lowest BCUT2D eigenvalue weighted by Crippen LogP contribution is -2.00. The van der Waals surface area contributed by atoms with E-state index in [1.807, 2.05) is 6.20 Å². The number of aryl methyl sites for hydroxylation is 1. The van der Waals surface area contributed by atoms with E-state index >= 15 is 0 Å². The van der Waals surface area contributed by atoms with Gasteiger partial charge in [0.05, 0.1) is 11.4 Å². The highest BCUT2D eigenvalue weighted by molar-refractivity contribution is 6.08. The third kappa shape index (κ3) is 4.32. The fourth-order valence-electron chi connectivity index (χ4n) is 5.25. The first-order valence-corrected chi connectivity index (χ1v) is 13.2. The molecule has 0 atom stereocenters. The number of pyridine rings is 2. The lowest BCUT2D eigenvalue weighted by atomic mass is 9.87. The summed E-state index contributed by atoms with van der Waals surface area (Å²) in [6.07, 6.45) is 3.07. The molecule has 0 aliphatic carbocycles. The van der Waals surface area contributed by atoms with Crippen molar-refractivity contribution in [2.45, 2.75) is 66.7 Å². The van der Waals surface area contributed by atoms with E-state index in [2.05, 4.69) is 103 Å². The molecule has 0 aliphatic rings. The van der Waals surface area contributed by atoms with Gasteiger partial charge in [0.2, 0.25) is 5.71 Å². The van der Waals surface area contributed by atoms with Crippen LogP contribution >= 0.6 is 0 Å². The molecule has 0 unspecified atom stereocenters. The minimum atomic E-state index is 0.409. The molecule has 0 saturated carbocycles. The molecule has 3 heteroatoms. The van der Waals surface area contributed by atoms with Crippen LogP contribution in [0.25, 0.3) is 44.6 Å². The molecule has 184 valence electrons. The lowest BCUT2D eigenvalue weighted by Gasteiger charge is -2.19. The monoisotopic (exact) mass is 476 g/mol. The Bertz CT molecular complexity index is 1530. The van der Waals surface area contributed by atoms with Gasteiger partial charge in [-0.25, -0.2) is 4.98 Å². The first kappa shape index (κ1) is 24.2. The van der Waals surface area contributed by atoms with Gasteiger partial charge in [-0.15, -0.1) is 0 Å². The van der Waals surface area contributed by atoms with Crippen LogP contribution in [0.2, 0.25) is 0 Å². The summed E-state index contributed by atoms with van der Waals surface area (Å²) >= 11 is 0. The molecule has 2 aromatic carbocycles. The zero-order valence-electron chi connectivity index (χ0n) is 22.5. The van der Waals surface area contributed by atoms with Crippen LogP contribution in [0.15, 0.2) is 65.2 Å². The number of hydrogen-bond acceptors (Lipinski definition) is 3. The molecule has 36 heavy (non-hydrogen) atoms. The van der Waals surface area contributed by atoms with Gasteiger partial charge in [0.25, 0.3) is 0 Å². The molecule has 3 nitrogen and oxygen atoms in total. The Labute approximate surface area is 214 Å². The second-order valence-electron chi connectivity index (χ2n) is 11.0. The third-order valence-electron chi connectivity index (χ3n) is 7.12. The summed E-state index contributed by atoms with van der Waals surface area (Å²) in [7, 11) is 0. The highest BCUT2D eigenvalue weighted by atomic mass is 16.3. The molecule has 5 aromatic rings. The predicted molar refractivity (Wildman–Crippen MR) is 152 cm³/mol. The molecule has 0 bridgehead atoms. The molecule has 0 fully saturated rings. The van der Waals surface area contributed by atoms with Crippen molar-refractivity contribution in [2.75, 3.05) is 0 Å². The van der Waals surface area contributed by atoms with Crippen molar-refractivity contribution in [3.8, 4) is 22.5 Å². The van der Waals surface area contributed by atoms with E-state index in [1.54, 1.807) is 0 Å². The molecule has 3 aromatic heterocycles. The quantitative estimate of drug-likeness (QED) is 0.245. The number of para-hydroxylation sites is 1. The van der Waals surface area contributed by atoms with Gasteiger partial charge in [0.15, 0.2) is 0 Å². The van der Waals surface area contributed by atoms with Crippen molar-refractivity contribution in [1.29, 1.82) is 0 Å². The Morgan fingerprint density at radius 2 is 1.47 bits per heavy atom. The predicted octanol–water partition coefficient (Wildman–Crippen LogP) is 9.46. The van der Waals surface area contributed by atoms with Gasteiger partial charge in [-0.2, -0.15) is 0 Å². The fraction of sp³-hybridized carbons (Fsp3) is 0.333. The Balaban J connectivity index is 1.67. The molecule has 0 saturated heterocycles. The van der Waals surface area contributed by atoms with E-state index < -0.39 is 0 Å². The second-order valence-corrected chi connectivity index (χ2v) is 11.0. The molecule has 0 spiro atoms. The van der Waals surface area contributed by atoms with Crippen LogP contribution in [0.1, 0.15) is 75.6 Å². The average molecular weight is 477 g/mol. The molecular weight excluding hydrogens is 440 g/mol. The summed E-state index contributed by atoms with van der Waals surface area (Å²) in [5, 5.41) is 2.12. The maximum atomic E-state index is 6.48. The zero-order chi connectivity index (χ0) is 25.6. The summed E-state index contributed by atoms with van der Waals surface area (Å²) in [5.74, 6) is 1.42. The number of furan rings is 1. The van der Waals surface area contributed by atoms with Gasteiger partial charge in [0.1, 0.15) is 5.58 Å². The summed E-state index contributed by atoms with van der Waals surface area (Å²) in [6, 6.07) is 19.4. The van der Waals surface area contributed by atoms with Crippen molar-refractivity contribution in [3.05, 3.63) is 83.0 Å². The normalized spacial score (nSPS) is 12.1. The van der Waals surface area contributed by atoms with Crippen LogP contribution in [0, 0.1) is 12.8 Å². The van der Waals surface area contributed by atoms with Gasteiger partial charge in [-0.05, 0) is 77.6 Å². The number of aromatic nitrogens is 2. The van der Waals surface area contributed by atoms with Gasteiger partial charge in [-0.1, -0.05) is 71.9 Å². The molecule has 3 heterocycles. The third-order valence-corrected chi connectivity index (χ3v) is 7.12. The average Bonchev–Trinajstić information content (AvgIpc) is 3.22. The summed E-state index contributed by atoms with van der Waals surface area (Å²) in [4.78, 5) is 9.91. The molecule has 0 aliphatic heterocycles. The van der Waals surface area contributed by atoms with Crippen molar-refractivity contribution >= 4 is 22.1 Å². The molecule has 0 N–H and O–H groups in total. The van der Waals surface area contributed by atoms with E-state index in [4.69, 9.17) is 14.4 Å². The van der Waals surface area contributed by atoms with Crippen LogP contribution in [-0.4, -0.2) is 9.97 Å².